The molecule has 0 amide bonds. The zero-order valence-electron chi connectivity index (χ0n) is 9.45. The molecule has 0 unspecified atom stereocenters. The van der Waals surface area contributed by atoms with Gasteiger partial charge in [-0.05, 0) is 24.3 Å². The Morgan fingerprint density at radius 1 is 1.33 bits per heavy atom. The molecule has 0 fully saturated rings. The van der Waals surface area contributed by atoms with E-state index in [1.54, 1.807) is 11.3 Å². The topological polar surface area (TPSA) is 25.8 Å². The molecule has 2 nitrogen and oxygen atoms in total. The fraction of sp³-hybridized carbons (Fsp3) is 0.500. The SMILES string of the molecule is CCc1ncc(CC(C)C)c2ncsc12. The van der Waals surface area contributed by atoms with Gasteiger partial charge in [0, 0.05) is 6.20 Å². The molecule has 2 heterocycles. The van der Waals surface area contributed by atoms with E-state index in [4.69, 9.17) is 0 Å². The predicted octanol–water partition coefficient (Wildman–Crippen LogP) is 3.45. The van der Waals surface area contributed by atoms with Crippen molar-refractivity contribution in [3.05, 3.63) is 23.0 Å². The number of nitrogens with zero attached hydrogens (tertiary/aromatic N) is 2. The lowest BCUT2D eigenvalue weighted by molar-refractivity contribution is 0.648. The maximum Gasteiger partial charge on any atom is 0.0878 e. The summed E-state index contributed by atoms with van der Waals surface area (Å²) in [4.78, 5) is 8.98. The van der Waals surface area contributed by atoms with Crippen molar-refractivity contribution in [1.29, 1.82) is 0 Å². The molecule has 0 bridgehead atoms. The standard InChI is InChI=1S/C12H16N2S/c1-4-10-12-11(14-7-15-12)9(6-13-10)5-8(2)3/h6-8H,4-5H2,1-3H3. The fourth-order valence-corrected chi connectivity index (χ4v) is 2.69. The molecule has 0 aromatic carbocycles. The molecule has 80 valence electrons. The minimum atomic E-state index is 0.657. The molecule has 0 saturated heterocycles. The number of aryl methyl sites for hydroxylation is 1. The minimum Gasteiger partial charge on any atom is -0.259 e. The van der Waals surface area contributed by atoms with Crippen molar-refractivity contribution in [2.75, 3.05) is 0 Å². The van der Waals surface area contributed by atoms with Crippen LogP contribution in [-0.2, 0) is 12.8 Å². The lowest BCUT2D eigenvalue weighted by Crippen LogP contribution is -1.98. The molecule has 0 aliphatic carbocycles. The third-order valence-electron chi connectivity index (χ3n) is 2.47. The lowest BCUT2D eigenvalue weighted by Gasteiger charge is -2.06. The van der Waals surface area contributed by atoms with Crippen LogP contribution in [0.2, 0.25) is 0 Å². The van der Waals surface area contributed by atoms with Crippen LogP contribution in [0.5, 0.6) is 0 Å². The molecule has 3 heteroatoms. The Labute approximate surface area is 94.4 Å². The van der Waals surface area contributed by atoms with Crippen LogP contribution in [-0.4, -0.2) is 9.97 Å². The highest BCUT2D eigenvalue weighted by atomic mass is 32.1. The summed E-state index contributed by atoms with van der Waals surface area (Å²) in [5, 5.41) is 0. The summed E-state index contributed by atoms with van der Waals surface area (Å²) in [5.74, 6) is 0.657. The van der Waals surface area contributed by atoms with Gasteiger partial charge in [-0.1, -0.05) is 20.8 Å². The van der Waals surface area contributed by atoms with Gasteiger partial charge >= 0.3 is 0 Å². The highest BCUT2D eigenvalue weighted by Gasteiger charge is 2.09. The first-order valence-electron chi connectivity index (χ1n) is 5.42. The average molecular weight is 220 g/mol. The summed E-state index contributed by atoms with van der Waals surface area (Å²) in [6.45, 7) is 6.60. The molecular formula is C12H16N2S. The van der Waals surface area contributed by atoms with Crippen LogP contribution >= 0.6 is 11.3 Å². The monoisotopic (exact) mass is 220 g/mol. The van der Waals surface area contributed by atoms with Crippen molar-refractivity contribution in [2.24, 2.45) is 5.92 Å². The summed E-state index contributed by atoms with van der Waals surface area (Å²) >= 11 is 1.71. The van der Waals surface area contributed by atoms with Crippen molar-refractivity contribution in [3.63, 3.8) is 0 Å². The van der Waals surface area contributed by atoms with Crippen molar-refractivity contribution in [3.8, 4) is 0 Å². The van der Waals surface area contributed by atoms with Gasteiger partial charge in [0.15, 0.2) is 0 Å². The normalized spacial score (nSPS) is 11.5. The molecule has 0 atom stereocenters. The Morgan fingerprint density at radius 3 is 2.80 bits per heavy atom. The Bertz CT molecular complexity index is 460. The molecule has 15 heavy (non-hydrogen) atoms. The molecule has 0 spiro atoms. The van der Waals surface area contributed by atoms with Crippen LogP contribution in [0.3, 0.4) is 0 Å². The number of rotatable bonds is 3. The van der Waals surface area contributed by atoms with Gasteiger partial charge in [0.1, 0.15) is 0 Å². The smallest absolute Gasteiger partial charge is 0.0878 e. The predicted molar refractivity (Wildman–Crippen MR) is 65.3 cm³/mol. The van der Waals surface area contributed by atoms with Gasteiger partial charge in [-0.15, -0.1) is 11.3 Å². The Hall–Kier alpha value is -0.960. The first kappa shape index (κ1) is 10.6. The number of fused-ring (bicyclic) bond motifs is 1. The van der Waals surface area contributed by atoms with Gasteiger partial charge in [-0.2, -0.15) is 0 Å². The highest BCUT2D eigenvalue weighted by molar-refractivity contribution is 7.16. The first-order chi connectivity index (χ1) is 7.22. The van der Waals surface area contributed by atoms with Crippen molar-refractivity contribution in [2.45, 2.75) is 33.6 Å². The van der Waals surface area contributed by atoms with E-state index in [-0.39, 0.29) is 0 Å². The second-order valence-corrected chi connectivity index (χ2v) is 5.07. The van der Waals surface area contributed by atoms with E-state index in [1.165, 1.54) is 21.5 Å². The number of pyridine rings is 1. The van der Waals surface area contributed by atoms with E-state index in [1.807, 2.05) is 11.7 Å². The zero-order chi connectivity index (χ0) is 10.8. The van der Waals surface area contributed by atoms with Gasteiger partial charge in [0.05, 0.1) is 21.4 Å². The summed E-state index contributed by atoms with van der Waals surface area (Å²) in [6.07, 6.45) is 4.05. The number of hydrogen-bond acceptors (Lipinski definition) is 3. The van der Waals surface area contributed by atoms with Gasteiger partial charge in [0.25, 0.3) is 0 Å². The highest BCUT2D eigenvalue weighted by Crippen LogP contribution is 2.25. The molecule has 0 aliphatic heterocycles. The summed E-state index contributed by atoms with van der Waals surface area (Å²) in [6, 6.07) is 0. The maximum atomic E-state index is 4.52. The largest absolute Gasteiger partial charge is 0.259 e. The maximum absolute atomic E-state index is 4.52. The van der Waals surface area contributed by atoms with E-state index in [9.17, 15) is 0 Å². The number of hydrogen-bond donors (Lipinski definition) is 0. The summed E-state index contributed by atoms with van der Waals surface area (Å²) in [5.41, 5.74) is 5.56. The molecule has 0 radical (unpaired) electrons. The molecular weight excluding hydrogens is 204 g/mol. The number of thiazole rings is 1. The van der Waals surface area contributed by atoms with Crippen LogP contribution in [0.15, 0.2) is 11.7 Å². The Balaban J connectivity index is 2.53. The summed E-state index contributed by atoms with van der Waals surface area (Å²) < 4.78 is 1.27. The van der Waals surface area contributed by atoms with Crippen molar-refractivity contribution < 1.29 is 0 Å². The van der Waals surface area contributed by atoms with Crippen LogP contribution in [0.4, 0.5) is 0 Å². The molecule has 2 rings (SSSR count). The number of aromatic nitrogens is 2. The van der Waals surface area contributed by atoms with E-state index >= 15 is 0 Å². The second kappa shape index (κ2) is 4.27. The van der Waals surface area contributed by atoms with Gasteiger partial charge in [-0.25, -0.2) is 4.98 Å². The van der Waals surface area contributed by atoms with Gasteiger partial charge in [0.2, 0.25) is 0 Å². The molecule has 2 aromatic heterocycles. The summed E-state index contributed by atoms with van der Waals surface area (Å²) in [7, 11) is 0. The Kier molecular flexibility index (Phi) is 3.00. The molecule has 0 aliphatic rings. The Morgan fingerprint density at radius 2 is 2.13 bits per heavy atom. The lowest BCUT2D eigenvalue weighted by atomic mass is 10.0. The molecule has 0 N–H and O–H groups in total. The molecule has 0 saturated carbocycles. The third-order valence-corrected chi connectivity index (χ3v) is 3.35. The first-order valence-corrected chi connectivity index (χ1v) is 6.30. The van der Waals surface area contributed by atoms with Crippen LogP contribution in [0.25, 0.3) is 10.2 Å². The van der Waals surface area contributed by atoms with Crippen molar-refractivity contribution in [1.82, 2.24) is 9.97 Å². The van der Waals surface area contributed by atoms with Crippen LogP contribution in [0.1, 0.15) is 32.0 Å². The minimum absolute atomic E-state index is 0.657. The van der Waals surface area contributed by atoms with Gasteiger partial charge in [-0.3, -0.25) is 4.98 Å². The third kappa shape index (κ3) is 2.02. The fourth-order valence-electron chi connectivity index (χ4n) is 1.80. The van der Waals surface area contributed by atoms with E-state index in [0.717, 1.165) is 12.8 Å². The van der Waals surface area contributed by atoms with Crippen LogP contribution < -0.4 is 0 Å². The van der Waals surface area contributed by atoms with Gasteiger partial charge < -0.3 is 0 Å². The zero-order valence-corrected chi connectivity index (χ0v) is 10.3. The average Bonchev–Trinajstić information content (AvgIpc) is 2.66. The second-order valence-electron chi connectivity index (χ2n) is 4.21. The van der Waals surface area contributed by atoms with Crippen molar-refractivity contribution >= 4 is 21.6 Å². The molecule has 2 aromatic rings. The van der Waals surface area contributed by atoms with E-state index < -0.39 is 0 Å². The van der Waals surface area contributed by atoms with Crippen LogP contribution in [0, 0.1) is 5.92 Å². The van der Waals surface area contributed by atoms with E-state index in [2.05, 4.69) is 30.7 Å². The van der Waals surface area contributed by atoms with E-state index in [0.29, 0.717) is 5.92 Å². The quantitative estimate of drug-likeness (QED) is 0.791.